The van der Waals surface area contributed by atoms with Gasteiger partial charge in [-0.25, -0.2) is 0 Å². The fourth-order valence-electron chi connectivity index (χ4n) is 1.99. The van der Waals surface area contributed by atoms with Crippen LogP contribution in [0, 0.1) is 0 Å². The first-order valence-corrected chi connectivity index (χ1v) is 6.24. The molecule has 19 heavy (non-hydrogen) atoms. The molecule has 1 aromatic carbocycles. The molecule has 0 saturated heterocycles. The van der Waals surface area contributed by atoms with E-state index in [0.29, 0.717) is 12.8 Å². The Kier molecular flexibility index (Phi) is 5.39. The Balaban J connectivity index is 3.19. The zero-order valence-corrected chi connectivity index (χ0v) is 11.0. The first kappa shape index (κ1) is 15.5. The minimum Gasteiger partial charge on any atom is -0.466 e. The predicted molar refractivity (Wildman–Crippen MR) is 65.7 cm³/mol. The summed E-state index contributed by atoms with van der Waals surface area (Å²) in [4.78, 5) is 11.8. The largest absolute Gasteiger partial charge is 0.466 e. The van der Waals surface area contributed by atoms with Gasteiger partial charge in [-0.2, -0.15) is 13.2 Å². The van der Waals surface area contributed by atoms with Gasteiger partial charge in [-0.1, -0.05) is 31.5 Å². The summed E-state index contributed by atoms with van der Waals surface area (Å²) in [6.45, 7) is 3.62. The number of hydrogen-bond donors (Lipinski definition) is 0. The molecular formula is C14H17F3O2. The molecule has 1 atom stereocenters. The van der Waals surface area contributed by atoms with E-state index in [4.69, 9.17) is 4.74 Å². The van der Waals surface area contributed by atoms with Gasteiger partial charge in [0.2, 0.25) is 0 Å². The number of carbonyl (C=O) groups excluding carboxylic acids is 1. The fraction of sp³-hybridized carbons (Fsp3) is 0.500. The number of hydrogen-bond acceptors (Lipinski definition) is 2. The van der Waals surface area contributed by atoms with Crippen LogP contribution in [0.5, 0.6) is 0 Å². The zero-order chi connectivity index (χ0) is 14.5. The maximum atomic E-state index is 12.9. The SMILES string of the molecule is CCCC(C(=O)OCC)c1ccccc1C(F)(F)F. The molecule has 5 heteroatoms. The van der Waals surface area contributed by atoms with Crippen molar-refractivity contribution in [3.05, 3.63) is 35.4 Å². The van der Waals surface area contributed by atoms with Crippen LogP contribution in [0.1, 0.15) is 43.7 Å². The Labute approximate surface area is 110 Å². The first-order chi connectivity index (χ1) is 8.91. The lowest BCUT2D eigenvalue weighted by Gasteiger charge is -2.19. The molecule has 0 bridgehead atoms. The Hall–Kier alpha value is -1.52. The van der Waals surface area contributed by atoms with Crippen LogP contribution in [0.2, 0.25) is 0 Å². The molecule has 2 nitrogen and oxygen atoms in total. The van der Waals surface area contributed by atoms with E-state index in [0.717, 1.165) is 6.07 Å². The Morgan fingerprint density at radius 3 is 2.42 bits per heavy atom. The lowest BCUT2D eigenvalue weighted by Crippen LogP contribution is -2.20. The van der Waals surface area contributed by atoms with Crippen LogP contribution in [0.15, 0.2) is 24.3 Å². The lowest BCUT2D eigenvalue weighted by molar-refractivity contribution is -0.146. The summed E-state index contributed by atoms with van der Waals surface area (Å²) in [7, 11) is 0. The Bertz CT molecular complexity index is 427. The molecule has 0 spiro atoms. The first-order valence-electron chi connectivity index (χ1n) is 6.24. The number of halogens is 3. The number of ether oxygens (including phenoxy) is 1. The van der Waals surface area contributed by atoms with Crippen LogP contribution in [0.3, 0.4) is 0 Å². The molecule has 0 aliphatic carbocycles. The molecule has 0 saturated carbocycles. The summed E-state index contributed by atoms with van der Waals surface area (Å²) < 4.78 is 43.7. The average Bonchev–Trinajstić information content (AvgIpc) is 2.35. The standard InChI is InChI=1S/C14H17F3O2/c1-3-7-11(13(18)19-4-2)10-8-5-6-9-12(10)14(15,16)17/h5-6,8-9,11H,3-4,7H2,1-2H3. The van der Waals surface area contributed by atoms with Crippen molar-refractivity contribution < 1.29 is 22.7 Å². The molecule has 0 N–H and O–H groups in total. The second-order valence-corrected chi connectivity index (χ2v) is 4.18. The van der Waals surface area contributed by atoms with Crippen LogP contribution >= 0.6 is 0 Å². The van der Waals surface area contributed by atoms with E-state index in [1.807, 2.05) is 6.92 Å². The monoisotopic (exact) mass is 274 g/mol. The zero-order valence-electron chi connectivity index (χ0n) is 11.0. The minimum absolute atomic E-state index is 0.00435. The van der Waals surface area contributed by atoms with Crippen molar-refractivity contribution in [1.29, 1.82) is 0 Å². The predicted octanol–water partition coefficient (Wildman–Crippen LogP) is 4.15. The second-order valence-electron chi connectivity index (χ2n) is 4.18. The van der Waals surface area contributed by atoms with Gasteiger partial charge in [0.15, 0.2) is 0 Å². The molecule has 0 aromatic heterocycles. The van der Waals surface area contributed by atoms with Gasteiger partial charge in [0.05, 0.1) is 18.1 Å². The summed E-state index contributed by atoms with van der Waals surface area (Å²) in [6.07, 6.45) is -3.52. The van der Waals surface area contributed by atoms with E-state index >= 15 is 0 Å². The highest BCUT2D eigenvalue weighted by atomic mass is 19.4. The van der Waals surface area contributed by atoms with E-state index in [-0.39, 0.29) is 12.2 Å². The maximum absolute atomic E-state index is 12.9. The van der Waals surface area contributed by atoms with Crippen molar-refractivity contribution in [2.75, 3.05) is 6.61 Å². The van der Waals surface area contributed by atoms with Crippen molar-refractivity contribution in [1.82, 2.24) is 0 Å². The van der Waals surface area contributed by atoms with Gasteiger partial charge in [-0.15, -0.1) is 0 Å². The Morgan fingerprint density at radius 1 is 1.26 bits per heavy atom. The second kappa shape index (κ2) is 6.59. The molecule has 0 fully saturated rings. The van der Waals surface area contributed by atoms with Gasteiger partial charge in [0, 0.05) is 0 Å². The van der Waals surface area contributed by atoms with Crippen molar-refractivity contribution in [2.45, 2.75) is 38.8 Å². The highest BCUT2D eigenvalue weighted by molar-refractivity contribution is 5.78. The molecule has 0 heterocycles. The number of carbonyl (C=O) groups is 1. The number of esters is 1. The molecule has 0 radical (unpaired) electrons. The number of alkyl halides is 3. The summed E-state index contributed by atoms with van der Waals surface area (Å²) >= 11 is 0. The minimum atomic E-state index is -4.46. The van der Waals surface area contributed by atoms with Crippen LogP contribution in [0.25, 0.3) is 0 Å². The lowest BCUT2D eigenvalue weighted by atomic mass is 9.90. The van der Waals surface area contributed by atoms with Gasteiger partial charge in [0.25, 0.3) is 0 Å². The van der Waals surface area contributed by atoms with Crippen molar-refractivity contribution >= 4 is 5.97 Å². The third-order valence-electron chi connectivity index (χ3n) is 2.79. The molecule has 0 aliphatic heterocycles. The van der Waals surface area contributed by atoms with Crippen molar-refractivity contribution in [2.24, 2.45) is 0 Å². The third-order valence-corrected chi connectivity index (χ3v) is 2.79. The van der Waals surface area contributed by atoms with E-state index < -0.39 is 23.6 Å². The highest BCUT2D eigenvalue weighted by Crippen LogP contribution is 2.36. The van der Waals surface area contributed by atoms with Gasteiger partial charge in [0.1, 0.15) is 0 Å². The van der Waals surface area contributed by atoms with Crippen molar-refractivity contribution in [3.8, 4) is 0 Å². The van der Waals surface area contributed by atoms with Gasteiger partial charge in [-0.3, -0.25) is 4.79 Å². The third kappa shape index (κ3) is 3.98. The van der Waals surface area contributed by atoms with Gasteiger partial charge < -0.3 is 4.74 Å². The molecular weight excluding hydrogens is 257 g/mol. The molecule has 0 amide bonds. The smallest absolute Gasteiger partial charge is 0.416 e. The van der Waals surface area contributed by atoms with Crippen LogP contribution in [-0.2, 0) is 15.7 Å². The Morgan fingerprint density at radius 2 is 1.89 bits per heavy atom. The van der Waals surface area contributed by atoms with E-state index in [9.17, 15) is 18.0 Å². The van der Waals surface area contributed by atoms with Gasteiger partial charge in [-0.05, 0) is 25.0 Å². The highest BCUT2D eigenvalue weighted by Gasteiger charge is 2.36. The topological polar surface area (TPSA) is 26.3 Å². The summed E-state index contributed by atoms with van der Waals surface area (Å²) in [5, 5.41) is 0. The molecule has 1 unspecified atom stereocenters. The number of rotatable bonds is 5. The quantitative estimate of drug-likeness (QED) is 0.754. The average molecular weight is 274 g/mol. The van der Waals surface area contributed by atoms with Crippen LogP contribution in [-0.4, -0.2) is 12.6 Å². The van der Waals surface area contributed by atoms with Crippen molar-refractivity contribution in [3.63, 3.8) is 0 Å². The molecule has 1 rings (SSSR count). The van der Waals surface area contributed by atoms with E-state index in [1.54, 1.807) is 6.92 Å². The van der Waals surface area contributed by atoms with Crippen LogP contribution < -0.4 is 0 Å². The molecule has 0 aliphatic rings. The van der Waals surface area contributed by atoms with E-state index in [2.05, 4.69) is 0 Å². The van der Waals surface area contributed by atoms with Gasteiger partial charge >= 0.3 is 12.1 Å². The summed E-state index contributed by atoms with van der Waals surface area (Å²) in [6, 6.07) is 5.17. The van der Waals surface area contributed by atoms with E-state index in [1.165, 1.54) is 18.2 Å². The molecule has 1 aromatic rings. The fourth-order valence-corrected chi connectivity index (χ4v) is 1.99. The number of benzene rings is 1. The molecule has 106 valence electrons. The normalized spacial score (nSPS) is 13.1. The summed E-state index contributed by atoms with van der Waals surface area (Å²) in [5.74, 6) is -1.45. The summed E-state index contributed by atoms with van der Waals surface area (Å²) in [5.41, 5.74) is -0.767. The van der Waals surface area contributed by atoms with Crippen LogP contribution in [0.4, 0.5) is 13.2 Å². The maximum Gasteiger partial charge on any atom is 0.416 e.